The summed E-state index contributed by atoms with van der Waals surface area (Å²) in [5.74, 6) is 0.0983. The lowest BCUT2D eigenvalue weighted by atomic mass is 10.1. The van der Waals surface area contributed by atoms with E-state index >= 15 is 0 Å². The predicted octanol–water partition coefficient (Wildman–Crippen LogP) is 3.56. The molecule has 0 aliphatic rings. The SMILES string of the molecule is Cc1c(Cl)cc2ncc(O)cc2c1Cl. The van der Waals surface area contributed by atoms with Crippen LogP contribution in [0.5, 0.6) is 5.75 Å². The lowest BCUT2D eigenvalue weighted by Gasteiger charge is -2.05. The van der Waals surface area contributed by atoms with Crippen molar-refractivity contribution in [2.45, 2.75) is 6.92 Å². The zero-order chi connectivity index (χ0) is 10.3. The third-order valence-corrected chi connectivity index (χ3v) is 2.97. The van der Waals surface area contributed by atoms with Gasteiger partial charge < -0.3 is 5.11 Å². The number of rotatable bonds is 0. The molecule has 0 radical (unpaired) electrons. The van der Waals surface area contributed by atoms with Crippen LogP contribution in [0, 0.1) is 6.92 Å². The molecule has 0 saturated carbocycles. The molecule has 0 aliphatic heterocycles. The molecule has 1 aromatic carbocycles. The first-order chi connectivity index (χ1) is 6.59. The highest BCUT2D eigenvalue weighted by Gasteiger charge is 2.08. The lowest BCUT2D eigenvalue weighted by molar-refractivity contribution is 0.474. The minimum atomic E-state index is 0.0983. The van der Waals surface area contributed by atoms with Crippen LogP contribution in [-0.2, 0) is 0 Å². The average molecular weight is 228 g/mol. The van der Waals surface area contributed by atoms with Crippen LogP contribution in [-0.4, -0.2) is 10.1 Å². The van der Waals surface area contributed by atoms with Crippen LogP contribution in [0.3, 0.4) is 0 Å². The number of benzene rings is 1. The van der Waals surface area contributed by atoms with Gasteiger partial charge in [0.1, 0.15) is 5.75 Å². The van der Waals surface area contributed by atoms with Gasteiger partial charge in [0, 0.05) is 10.4 Å². The minimum Gasteiger partial charge on any atom is -0.506 e. The number of nitrogens with zero attached hydrogens (tertiary/aromatic N) is 1. The van der Waals surface area contributed by atoms with Crippen molar-refractivity contribution in [1.82, 2.24) is 4.98 Å². The zero-order valence-corrected chi connectivity index (χ0v) is 8.89. The summed E-state index contributed by atoms with van der Waals surface area (Å²) in [4.78, 5) is 4.02. The number of pyridine rings is 1. The molecular weight excluding hydrogens is 221 g/mol. The molecule has 0 bridgehead atoms. The van der Waals surface area contributed by atoms with Crippen molar-refractivity contribution in [2.24, 2.45) is 0 Å². The second kappa shape index (κ2) is 3.30. The Balaban J connectivity index is 2.92. The van der Waals surface area contributed by atoms with Gasteiger partial charge in [-0.05, 0) is 24.6 Å². The molecule has 14 heavy (non-hydrogen) atoms. The van der Waals surface area contributed by atoms with Gasteiger partial charge in [-0.15, -0.1) is 0 Å². The second-order valence-corrected chi connectivity index (χ2v) is 3.84. The molecule has 0 amide bonds. The smallest absolute Gasteiger partial charge is 0.134 e. The van der Waals surface area contributed by atoms with Crippen LogP contribution < -0.4 is 0 Å². The van der Waals surface area contributed by atoms with Crippen molar-refractivity contribution in [1.29, 1.82) is 0 Å². The molecule has 0 spiro atoms. The van der Waals surface area contributed by atoms with Crippen LogP contribution in [0.4, 0.5) is 0 Å². The highest BCUT2D eigenvalue weighted by molar-refractivity contribution is 6.39. The molecule has 2 rings (SSSR count). The number of aromatic nitrogens is 1. The Morgan fingerprint density at radius 3 is 2.71 bits per heavy atom. The van der Waals surface area contributed by atoms with Gasteiger partial charge in [-0.2, -0.15) is 0 Å². The monoisotopic (exact) mass is 227 g/mol. The number of aromatic hydroxyl groups is 1. The molecule has 2 nitrogen and oxygen atoms in total. The molecule has 4 heteroatoms. The maximum atomic E-state index is 9.26. The van der Waals surface area contributed by atoms with Crippen molar-refractivity contribution in [3.8, 4) is 5.75 Å². The zero-order valence-electron chi connectivity index (χ0n) is 7.38. The fourth-order valence-corrected chi connectivity index (χ4v) is 1.79. The predicted molar refractivity (Wildman–Crippen MR) is 58.2 cm³/mol. The van der Waals surface area contributed by atoms with Gasteiger partial charge in [0.2, 0.25) is 0 Å². The first-order valence-corrected chi connectivity index (χ1v) is 4.78. The molecule has 0 aliphatic carbocycles. The van der Waals surface area contributed by atoms with E-state index in [9.17, 15) is 5.11 Å². The van der Waals surface area contributed by atoms with Crippen molar-refractivity contribution >= 4 is 34.1 Å². The number of hydrogen-bond acceptors (Lipinski definition) is 2. The number of fused-ring (bicyclic) bond motifs is 1. The van der Waals surface area contributed by atoms with E-state index in [1.807, 2.05) is 6.92 Å². The van der Waals surface area contributed by atoms with Gasteiger partial charge >= 0.3 is 0 Å². The molecule has 72 valence electrons. The molecule has 0 atom stereocenters. The van der Waals surface area contributed by atoms with E-state index in [0.29, 0.717) is 20.9 Å². The summed E-state index contributed by atoms with van der Waals surface area (Å²) in [7, 11) is 0. The Kier molecular flexibility index (Phi) is 2.25. The van der Waals surface area contributed by atoms with Gasteiger partial charge in [0.25, 0.3) is 0 Å². The van der Waals surface area contributed by atoms with E-state index in [2.05, 4.69) is 4.98 Å². The highest BCUT2D eigenvalue weighted by Crippen LogP contribution is 2.32. The number of halogens is 2. The maximum Gasteiger partial charge on any atom is 0.134 e. The molecular formula is C10H7Cl2NO. The Bertz CT molecular complexity index is 511. The number of hydrogen-bond donors (Lipinski definition) is 1. The first-order valence-electron chi connectivity index (χ1n) is 4.03. The van der Waals surface area contributed by atoms with Crippen LogP contribution >= 0.6 is 23.2 Å². The first kappa shape index (κ1) is 9.56. The van der Waals surface area contributed by atoms with Crippen molar-refractivity contribution in [3.63, 3.8) is 0 Å². The van der Waals surface area contributed by atoms with Crippen LogP contribution in [0.25, 0.3) is 10.9 Å². The molecule has 0 unspecified atom stereocenters. The van der Waals surface area contributed by atoms with Gasteiger partial charge in [0.15, 0.2) is 0 Å². The molecule has 0 saturated heterocycles. The fraction of sp³-hybridized carbons (Fsp3) is 0.100. The summed E-state index contributed by atoms with van der Waals surface area (Å²) in [6, 6.07) is 3.31. The van der Waals surface area contributed by atoms with Crippen LogP contribution in [0.15, 0.2) is 18.3 Å². The maximum absolute atomic E-state index is 9.26. The fourth-order valence-electron chi connectivity index (χ4n) is 1.29. The van der Waals surface area contributed by atoms with Gasteiger partial charge in [0.05, 0.1) is 16.7 Å². The van der Waals surface area contributed by atoms with Gasteiger partial charge in [-0.1, -0.05) is 23.2 Å². The molecule has 1 aromatic heterocycles. The summed E-state index contributed by atoms with van der Waals surface area (Å²) in [5, 5.41) is 11.1. The molecule has 2 aromatic rings. The lowest BCUT2D eigenvalue weighted by Crippen LogP contribution is -1.84. The Morgan fingerprint density at radius 2 is 2.00 bits per heavy atom. The van der Waals surface area contributed by atoms with E-state index < -0.39 is 0 Å². The Labute approximate surface area is 91.1 Å². The molecule has 1 N–H and O–H groups in total. The summed E-state index contributed by atoms with van der Waals surface area (Å²) < 4.78 is 0. The van der Waals surface area contributed by atoms with Crippen molar-refractivity contribution < 1.29 is 5.11 Å². The van der Waals surface area contributed by atoms with Crippen LogP contribution in [0.2, 0.25) is 10.0 Å². The average Bonchev–Trinajstić information content (AvgIpc) is 2.16. The summed E-state index contributed by atoms with van der Waals surface area (Å²) in [5.41, 5.74) is 1.48. The topological polar surface area (TPSA) is 33.1 Å². The quantitative estimate of drug-likeness (QED) is 0.747. The van der Waals surface area contributed by atoms with Crippen molar-refractivity contribution in [3.05, 3.63) is 33.9 Å². The third kappa shape index (κ3) is 1.41. The normalized spacial score (nSPS) is 10.8. The van der Waals surface area contributed by atoms with Gasteiger partial charge in [-0.3, -0.25) is 4.98 Å². The third-order valence-electron chi connectivity index (χ3n) is 2.09. The summed E-state index contributed by atoms with van der Waals surface area (Å²) >= 11 is 12.0. The van der Waals surface area contributed by atoms with Crippen LogP contribution in [0.1, 0.15) is 5.56 Å². The highest BCUT2D eigenvalue weighted by atomic mass is 35.5. The summed E-state index contributed by atoms with van der Waals surface area (Å²) in [6.45, 7) is 1.83. The van der Waals surface area contributed by atoms with E-state index in [-0.39, 0.29) is 5.75 Å². The second-order valence-electron chi connectivity index (χ2n) is 3.06. The summed E-state index contributed by atoms with van der Waals surface area (Å²) in [6.07, 6.45) is 1.37. The molecule has 0 fully saturated rings. The van der Waals surface area contributed by atoms with Crippen molar-refractivity contribution in [2.75, 3.05) is 0 Å². The largest absolute Gasteiger partial charge is 0.506 e. The Morgan fingerprint density at radius 1 is 1.29 bits per heavy atom. The molecule has 1 heterocycles. The van der Waals surface area contributed by atoms with E-state index in [1.54, 1.807) is 12.1 Å². The van der Waals surface area contributed by atoms with E-state index in [1.165, 1.54) is 6.20 Å². The van der Waals surface area contributed by atoms with E-state index in [0.717, 1.165) is 5.56 Å². The van der Waals surface area contributed by atoms with Gasteiger partial charge in [-0.25, -0.2) is 0 Å². The van der Waals surface area contributed by atoms with E-state index in [4.69, 9.17) is 23.2 Å². The minimum absolute atomic E-state index is 0.0983. The Hall–Kier alpha value is -0.990. The standard InChI is InChI=1S/C10H7Cl2NO/c1-5-8(11)3-9-7(10(5)12)2-6(14)4-13-9/h2-4,14H,1H3.